The second-order valence-corrected chi connectivity index (χ2v) is 5.93. The van der Waals surface area contributed by atoms with Crippen molar-refractivity contribution in [3.8, 4) is 0 Å². The Morgan fingerprint density at radius 2 is 2.16 bits per heavy atom. The molecular formula is C14H16BrClFNO. The number of nitrogens with one attached hydrogen (secondary N) is 1. The number of benzene rings is 1. The van der Waals surface area contributed by atoms with E-state index in [9.17, 15) is 9.18 Å². The summed E-state index contributed by atoms with van der Waals surface area (Å²) in [6.07, 6.45) is 4.33. The molecule has 0 radical (unpaired) electrons. The minimum atomic E-state index is -0.645. The van der Waals surface area contributed by atoms with Crippen molar-refractivity contribution in [1.82, 2.24) is 5.32 Å². The minimum absolute atomic E-state index is 0.0198. The average Bonchev–Trinajstić information content (AvgIpc) is 2.42. The van der Waals surface area contributed by atoms with E-state index in [2.05, 4.69) is 21.2 Å². The van der Waals surface area contributed by atoms with Gasteiger partial charge in [0.05, 0.1) is 10.6 Å². The van der Waals surface area contributed by atoms with E-state index in [4.69, 9.17) is 11.6 Å². The van der Waals surface area contributed by atoms with Crippen molar-refractivity contribution in [2.24, 2.45) is 5.92 Å². The fourth-order valence-electron chi connectivity index (χ4n) is 2.51. The average molecular weight is 349 g/mol. The van der Waals surface area contributed by atoms with Crippen LogP contribution in [-0.2, 0) is 0 Å². The van der Waals surface area contributed by atoms with Gasteiger partial charge in [-0.1, -0.05) is 46.4 Å². The monoisotopic (exact) mass is 347 g/mol. The van der Waals surface area contributed by atoms with E-state index in [1.54, 1.807) is 6.07 Å². The third kappa shape index (κ3) is 3.48. The van der Waals surface area contributed by atoms with Gasteiger partial charge >= 0.3 is 0 Å². The number of hydrogen-bond donors (Lipinski definition) is 1. The van der Waals surface area contributed by atoms with Crippen LogP contribution in [0.25, 0.3) is 0 Å². The van der Waals surface area contributed by atoms with Crippen LogP contribution < -0.4 is 5.32 Å². The molecule has 104 valence electrons. The third-order valence-corrected chi connectivity index (χ3v) is 4.74. The van der Waals surface area contributed by atoms with Gasteiger partial charge in [0.15, 0.2) is 5.82 Å². The van der Waals surface area contributed by atoms with Crippen molar-refractivity contribution >= 4 is 33.4 Å². The molecule has 2 atom stereocenters. The molecule has 1 aliphatic carbocycles. The van der Waals surface area contributed by atoms with E-state index < -0.39 is 5.82 Å². The Labute approximate surface area is 125 Å². The first-order valence-corrected chi connectivity index (χ1v) is 7.94. The number of rotatable bonds is 3. The van der Waals surface area contributed by atoms with Crippen LogP contribution >= 0.6 is 27.5 Å². The molecule has 2 rings (SSSR count). The van der Waals surface area contributed by atoms with Crippen molar-refractivity contribution in [1.29, 1.82) is 0 Å². The number of alkyl halides is 1. The number of carbonyl (C=O) groups is 1. The molecule has 2 nitrogen and oxygen atoms in total. The van der Waals surface area contributed by atoms with Crippen molar-refractivity contribution in [2.75, 3.05) is 5.33 Å². The quantitative estimate of drug-likeness (QED) is 0.816. The molecule has 5 heteroatoms. The van der Waals surface area contributed by atoms with Crippen LogP contribution in [0.5, 0.6) is 0 Å². The lowest BCUT2D eigenvalue weighted by atomic mass is 9.86. The van der Waals surface area contributed by atoms with Crippen molar-refractivity contribution in [3.05, 3.63) is 34.6 Å². The van der Waals surface area contributed by atoms with E-state index in [0.29, 0.717) is 5.92 Å². The molecule has 1 aromatic rings. The maximum atomic E-state index is 13.8. The fraction of sp³-hybridized carbons (Fsp3) is 0.500. The van der Waals surface area contributed by atoms with Gasteiger partial charge in [-0.25, -0.2) is 4.39 Å². The maximum absolute atomic E-state index is 13.8. The highest BCUT2D eigenvalue weighted by Crippen LogP contribution is 2.26. The van der Waals surface area contributed by atoms with Crippen molar-refractivity contribution in [3.63, 3.8) is 0 Å². The van der Waals surface area contributed by atoms with Crippen LogP contribution in [0.3, 0.4) is 0 Å². The fourth-order valence-corrected chi connectivity index (χ4v) is 3.46. The Morgan fingerprint density at radius 3 is 2.89 bits per heavy atom. The molecule has 0 aromatic heterocycles. The summed E-state index contributed by atoms with van der Waals surface area (Å²) in [5.74, 6) is -0.606. The smallest absolute Gasteiger partial charge is 0.254 e. The normalized spacial score (nSPS) is 23.1. The van der Waals surface area contributed by atoms with Gasteiger partial charge in [0.25, 0.3) is 5.91 Å². The number of carbonyl (C=O) groups excluding carboxylic acids is 1. The molecule has 0 heterocycles. The molecule has 1 fully saturated rings. The Bertz CT molecular complexity index is 469. The van der Waals surface area contributed by atoms with Crippen LogP contribution in [0.15, 0.2) is 18.2 Å². The van der Waals surface area contributed by atoms with E-state index in [1.807, 2.05) is 0 Å². The minimum Gasteiger partial charge on any atom is -0.349 e. The highest BCUT2D eigenvalue weighted by Gasteiger charge is 2.26. The molecule has 1 amide bonds. The van der Waals surface area contributed by atoms with Crippen LogP contribution in [0.1, 0.15) is 36.0 Å². The molecule has 0 bridgehead atoms. The van der Waals surface area contributed by atoms with Crippen molar-refractivity contribution < 1.29 is 9.18 Å². The Morgan fingerprint density at radius 1 is 1.42 bits per heavy atom. The van der Waals surface area contributed by atoms with Crippen molar-refractivity contribution in [2.45, 2.75) is 31.7 Å². The molecule has 1 N–H and O–H groups in total. The summed E-state index contributed by atoms with van der Waals surface area (Å²) in [4.78, 5) is 12.1. The first-order chi connectivity index (χ1) is 9.13. The lowest BCUT2D eigenvalue weighted by molar-refractivity contribution is 0.0907. The maximum Gasteiger partial charge on any atom is 0.254 e. The molecule has 1 aliphatic rings. The molecule has 0 saturated heterocycles. The molecule has 1 aromatic carbocycles. The number of halogens is 3. The SMILES string of the molecule is O=C(NC1CCCCC1CBr)c1cccc(Cl)c1F. The lowest BCUT2D eigenvalue weighted by Crippen LogP contribution is -2.43. The summed E-state index contributed by atoms with van der Waals surface area (Å²) < 4.78 is 13.8. The first-order valence-electron chi connectivity index (χ1n) is 6.44. The van der Waals surface area contributed by atoms with Gasteiger partial charge < -0.3 is 5.32 Å². The molecule has 0 spiro atoms. The topological polar surface area (TPSA) is 29.1 Å². The highest BCUT2D eigenvalue weighted by atomic mass is 79.9. The molecule has 2 unspecified atom stereocenters. The zero-order chi connectivity index (χ0) is 13.8. The second kappa shape index (κ2) is 6.71. The number of amides is 1. The van der Waals surface area contributed by atoms with Crippen LogP contribution in [0.2, 0.25) is 5.02 Å². The largest absolute Gasteiger partial charge is 0.349 e. The standard InChI is InChI=1S/C14H16BrClFNO/c15-8-9-4-1-2-7-12(9)18-14(19)10-5-3-6-11(16)13(10)17/h3,5-6,9,12H,1-2,4,7-8H2,(H,18,19). The van der Waals surface area contributed by atoms with Gasteiger partial charge in [-0.15, -0.1) is 0 Å². The predicted molar refractivity (Wildman–Crippen MR) is 78.4 cm³/mol. The highest BCUT2D eigenvalue weighted by molar-refractivity contribution is 9.09. The summed E-state index contributed by atoms with van der Waals surface area (Å²) in [5.41, 5.74) is 0.0198. The molecule has 19 heavy (non-hydrogen) atoms. The Kier molecular flexibility index (Phi) is 5.22. The van der Waals surface area contributed by atoms with Gasteiger partial charge in [-0.05, 0) is 30.9 Å². The first kappa shape index (κ1) is 14.8. The van der Waals surface area contributed by atoms with Crippen LogP contribution in [0, 0.1) is 11.7 Å². The predicted octanol–water partition coefficient (Wildman–Crippen LogP) is 4.16. The second-order valence-electron chi connectivity index (χ2n) is 4.88. The lowest BCUT2D eigenvalue weighted by Gasteiger charge is -2.31. The van der Waals surface area contributed by atoms with Gasteiger partial charge in [0, 0.05) is 11.4 Å². The Hall–Kier alpha value is -0.610. The summed E-state index contributed by atoms with van der Waals surface area (Å²) >= 11 is 9.17. The summed E-state index contributed by atoms with van der Waals surface area (Å²) in [6, 6.07) is 4.60. The number of hydrogen-bond acceptors (Lipinski definition) is 1. The van der Waals surface area contributed by atoms with Gasteiger partial charge in [-0.2, -0.15) is 0 Å². The third-order valence-electron chi connectivity index (χ3n) is 3.62. The van der Waals surface area contributed by atoms with Gasteiger partial charge in [0.1, 0.15) is 0 Å². The summed E-state index contributed by atoms with van der Waals surface area (Å²) in [7, 11) is 0. The van der Waals surface area contributed by atoms with E-state index >= 15 is 0 Å². The van der Waals surface area contributed by atoms with Gasteiger partial charge in [0.2, 0.25) is 0 Å². The molecule has 1 saturated carbocycles. The van der Waals surface area contributed by atoms with Gasteiger partial charge in [-0.3, -0.25) is 4.79 Å². The van der Waals surface area contributed by atoms with E-state index in [1.165, 1.54) is 18.6 Å². The summed E-state index contributed by atoms with van der Waals surface area (Å²) in [5, 5.41) is 3.77. The Balaban J connectivity index is 2.09. The summed E-state index contributed by atoms with van der Waals surface area (Å²) in [6.45, 7) is 0. The zero-order valence-corrected chi connectivity index (χ0v) is 12.8. The van der Waals surface area contributed by atoms with Crippen LogP contribution in [-0.4, -0.2) is 17.3 Å². The van der Waals surface area contributed by atoms with E-state index in [0.717, 1.165) is 24.6 Å². The zero-order valence-electron chi connectivity index (χ0n) is 10.5. The molecule has 0 aliphatic heterocycles. The van der Waals surface area contributed by atoms with Crippen LogP contribution in [0.4, 0.5) is 4.39 Å². The van der Waals surface area contributed by atoms with E-state index in [-0.39, 0.29) is 22.5 Å². The molecular weight excluding hydrogens is 333 g/mol.